The summed E-state index contributed by atoms with van der Waals surface area (Å²) >= 11 is 0. The minimum atomic E-state index is -0.140. The van der Waals surface area contributed by atoms with Crippen LogP contribution in [0.4, 0.5) is 5.69 Å². The molecule has 0 saturated heterocycles. The van der Waals surface area contributed by atoms with Crippen molar-refractivity contribution in [2.75, 3.05) is 19.5 Å². The smallest absolute Gasteiger partial charge is 0.272 e. The Bertz CT molecular complexity index is 1050. The van der Waals surface area contributed by atoms with Crippen LogP contribution in [0.25, 0.3) is 0 Å². The molecule has 0 aliphatic heterocycles. The van der Waals surface area contributed by atoms with Crippen molar-refractivity contribution in [1.29, 1.82) is 0 Å². The molecule has 0 atom stereocenters. The first kappa shape index (κ1) is 20.5. The summed E-state index contributed by atoms with van der Waals surface area (Å²) < 4.78 is 12.7. The molecule has 0 unspecified atom stereocenters. The van der Waals surface area contributed by atoms with Crippen LogP contribution in [-0.2, 0) is 6.54 Å². The predicted octanol–water partition coefficient (Wildman–Crippen LogP) is 5.04. The van der Waals surface area contributed by atoms with Crippen LogP contribution in [0.1, 0.15) is 38.4 Å². The third-order valence-electron chi connectivity index (χ3n) is 5.41. The Labute approximate surface area is 172 Å². The van der Waals surface area contributed by atoms with E-state index in [0.717, 1.165) is 16.8 Å². The SMILES string of the molecule is COc1ccc(NC(=O)c2c(C)c(C)c(C)n2Cc2cccc(C)c2)cc1OC. The number of amides is 1. The predicted molar refractivity (Wildman–Crippen MR) is 116 cm³/mol. The molecule has 0 aliphatic carbocycles. The molecule has 3 aromatic rings. The maximum atomic E-state index is 13.2. The van der Waals surface area contributed by atoms with Crippen LogP contribution in [0, 0.1) is 27.7 Å². The summed E-state index contributed by atoms with van der Waals surface area (Å²) in [5, 5.41) is 3.01. The van der Waals surface area contributed by atoms with Gasteiger partial charge in [-0.15, -0.1) is 0 Å². The number of carbonyl (C=O) groups excluding carboxylic acids is 1. The molecular formula is C24H28N2O3. The second kappa shape index (κ2) is 8.43. The molecule has 5 nitrogen and oxygen atoms in total. The number of methoxy groups -OCH3 is 2. The monoisotopic (exact) mass is 392 g/mol. The highest BCUT2D eigenvalue weighted by Crippen LogP contribution is 2.30. The molecule has 152 valence electrons. The van der Waals surface area contributed by atoms with Crippen LogP contribution in [0.15, 0.2) is 42.5 Å². The van der Waals surface area contributed by atoms with E-state index in [1.54, 1.807) is 26.4 Å². The highest BCUT2D eigenvalue weighted by molar-refractivity contribution is 6.04. The zero-order chi connectivity index (χ0) is 21.1. The first-order chi connectivity index (χ1) is 13.8. The average molecular weight is 392 g/mol. The lowest BCUT2D eigenvalue weighted by molar-refractivity contribution is 0.101. The van der Waals surface area contributed by atoms with Crippen molar-refractivity contribution in [3.8, 4) is 11.5 Å². The number of anilines is 1. The number of hydrogen-bond donors (Lipinski definition) is 1. The molecule has 0 bridgehead atoms. The number of aryl methyl sites for hydroxylation is 1. The van der Waals surface area contributed by atoms with Crippen LogP contribution < -0.4 is 14.8 Å². The van der Waals surface area contributed by atoms with Crippen molar-refractivity contribution in [3.63, 3.8) is 0 Å². The van der Waals surface area contributed by atoms with Gasteiger partial charge in [-0.3, -0.25) is 4.79 Å². The molecule has 29 heavy (non-hydrogen) atoms. The Balaban J connectivity index is 1.95. The molecule has 1 amide bonds. The fourth-order valence-electron chi connectivity index (χ4n) is 3.61. The van der Waals surface area contributed by atoms with Gasteiger partial charge in [0.25, 0.3) is 5.91 Å². The minimum absolute atomic E-state index is 0.140. The summed E-state index contributed by atoms with van der Waals surface area (Å²) in [5.74, 6) is 1.05. The van der Waals surface area contributed by atoms with E-state index in [0.29, 0.717) is 29.4 Å². The van der Waals surface area contributed by atoms with Gasteiger partial charge < -0.3 is 19.4 Å². The molecule has 0 spiro atoms. The zero-order valence-electron chi connectivity index (χ0n) is 17.9. The van der Waals surface area contributed by atoms with E-state index in [2.05, 4.69) is 48.9 Å². The largest absolute Gasteiger partial charge is 0.493 e. The molecule has 0 saturated carbocycles. The lowest BCUT2D eigenvalue weighted by atomic mass is 10.1. The summed E-state index contributed by atoms with van der Waals surface area (Å²) in [4.78, 5) is 13.2. The van der Waals surface area contributed by atoms with Crippen molar-refractivity contribution < 1.29 is 14.3 Å². The van der Waals surface area contributed by atoms with Crippen LogP contribution >= 0.6 is 0 Å². The molecule has 5 heteroatoms. The molecule has 3 rings (SSSR count). The molecule has 0 aliphatic rings. The van der Waals surface area contributed by atoms with Gasteiger partial charge in [0.1, 0.15) is 5.69 Å². The molecule has 1 aromatic heterocycles. The first-order valence-corrected chi connectivity index (χ1v) is 9.61. The van der Waals surface area contributed by atoms with Gasteiger partial charge >= 0.3 is 0 Å². The Hall–Kier alpha value is -3.21. The zero-order valence-corrected chi connectivity index (χ0v) is 17.9. The van der Waals surface area contributed by atoms with E-state index in [4.69, 9.17) is 9.47 Å². The molecule has 0 radical (unpaired) electrons. The Kier molecular flexibility index (Phi) is 5.97. The van der Waals surface area contributed by atoms with E-state index in [-0.39, 0.29) is 5.91 Å². The number of nitrogens with one attached hydrogen (secondary N) is 1. The molecule has 2 aromatic carbocycles. The molecule has 1 N–H and O–H groups in total. The number of aromatic nitrogens is 1. The van der Waals surface area contributed by atoms with Crippen LogP contribution in [0.3, 0.4) is 0 Å². The van der Waals surface area contributed by atoms with Gasteiger partial charge in [0.05, 0.1) is 14.2 Å². The number of carbonyl (C=O) groups is 1. The fourth-order valence-corrected chi connectivity index (χ4v) is 3.61. The maximum absolute atomic E-state index is 13.2. The van der Waals surface area contributed by atoms with Crippen LogP contribution in [-0.4, -0.2) is 24.7 Å². The topological polar surface area (TPSA) is 52.5 Å². The van der Waals surface area contributed by atoms with Crippen molar-refractivity contribution in [2.45, 2.75) is 34.2 Å². The van der Waals surface area contributed by atoms with E-state index in [1.807, 2.05) is 19.1 Å². The van der Waals surface area contributed by atoms with Crippen molar-refractivity contribution in [1.82, 2.24) is 4.57 Å². The molecular weight excluding hydrogens is 364 g/mol. The van der Waals surface area contributed by atoms with Gasteiger partial charge in [-0.1, -0.05) is 29.8 Å². The second-order valence-electron chi connectivity index (χ2n) is 7.28. The number of hydrogen-bond acceptors (Lipinski definition) is 3. The highest BCUT2D eigenvalue weighted by atomic mass is 16.5. The molecule has 0 fully saturated rings. The quantitative estimate of drug-likeness (QED) is 0.639. The van der Waals surface area contributed by atoms with Crippen LogP contribution in [0.2, 0.25) is 0 Å². The lowest BCUT2D eigenvalue weighted by Crippen LogP contribution is -2.19. The number of benzene rings is 2. The summed E-state index contributed by atoms with van der Waals surface area (Å²) in [7, 11) is 3.16. The third kappa shape index (κ3) is 4.14. The normalized spacial score (nSPS) is 10.7. The summed E-state index contributed by atoms with van der Waals surface area (Å²) in [5.41, 5.74) is 6.94. The average Bonchev–Trinajstić information content (AvgIpc) is 2.91. The van der Waals surface area contributed by atoms with Gasteiger partial charge in [-0.05, 0) is 56.5 Å². The van der Waals surface area contributed by atoms with Gasteiger partial charge in [0.15, 0.2) is 11.5 Å². The third-order valence-corrected chi connectivity index (χ3v) is 5.41. The standard InChI is InChI=1S/C24H28N2O3/c1-15-8-7-9-19(12-15)14-26-18(4)16(2)17(3)23(26)24(27)25-20-10-11-21(28-5)22(13-20)29-6/h7-13H,14H2,1-6H3,(H,25,27). The van der Waals surface area contributed by atoms with Crippen molar-refractivity contribution in [3.05, 3.63) is 76.1 Å². The summed E-state index contributed by atoms with van der Waals surface area (Å²) in [6.45, 7) is 8.85. The Morgan fingerprint density at radius 1 is 0.931 bits per heavy atom. The van der Waals surface area contributed by atoms with Gasteiger partial charge in [-0.25, -0.2) is 0 Å². The highest BCUT2D eigenvalue weighted by Gasteiger charge is 2.21. The maximum Gasteiger partial charge on any atom is 0.272 e. The van der Waals surface area contributed by atoms with Gasteiger partial charge in [0, 0.05) is 24.0 Å². The van der Waals surface area contributed by atoms with Crippen molar-refractivity contribution in [2.24, 2.45) is 0 Å². The fraction of sp³-hybridized carbons (Fsp3) is 0.292. The van der Waals surface area contributed by atoms with Gasteiger partial charge in [-0.2, -0.15) is 0 Å². The number of rotatable bonds is 6. The molecule has 1 heterocycles. The number of ether oxygens (including phenoxy) is 2. The Morgan fingerprint density at radius 3 is 2.31 bits per heavy atom. The Morgan fingerprint density at radius 2 is 1.66 bits per heavy atom. The van der Waals surface area contributed by atoms with Crippen LogP contribution in [0.5, 0.6) is 11.5 Å². The van der Waals surface area contributed by atoms with E-state index in [9.17, 15) is 4.79 Å². The van der Waals surface area contributed by atoms with E-state index < -0.39 is 0 Å². The van der Waals surface area contributed by atoms with Crippen molar-refractivity contribution >= 4 is 11.6 Å². The van der Waals surface area contributed by atoms with Gasteiger partial charge in [0.2, 0.25) is 0 Å². The number of nitrogens with zero attached hydrogens (tertiary/aromatic N) is 1. The first-order valence-electron chi connectivity index (χ1n) is 9.61. The van der Waals surface area contributed by atoms with E-state index >= 15 is 0 Å². The van der Waals surface area contributed by atoms with E-state index in [1.165, 1.54) is 11.1 Å². The summed E-state index contributed by atoms with van der Waals surface area (Å²) in [6.07, 6.45) is 0. The minimum Gasteiger partial charge on any atom is -0.493 e. The summed E-state index contributed by atoms with van der Waals surface area (Å²) in [6, 6.07) is 13.7. The lowest BCUT2D eigenvalue weighted by Gasteiger charge is -2.14. The second-order valence-corrected chi connectivity index (χ2v) is 7.28.